The number of anilines is 1. The molecule has 2 saturated heterocycles. The first kappa shape index (κ1) is 13.2. The van der Waals surface area contributed by atoms with Crippen LogP contribution in [0.1, 0.15) is 25.7 Å². The van der Waals surface area contributed by atoms with Gasteiger partial charge in [0.05, 0.1) is 11.1 Å². The molecule has 4 heterocycles. The van der Waals surface area contributed by atoms with Crippen molar-refractivity contribution >= 4 is 23.3 Å². The number of piperidine rings is 1. The minimum absolute atomic E-state index is 0.304. The summed E-state index contributed by atoms with van der Waals surface area (Å²) in [5, 5.41) is 0.602. The molecule has 0 radical (unpaired) electrons. The largest absolute Gasteiger partial charge is 0.488 e. The molecule has 2 unspecified atom stereocenters. The lowest BCUT2D eigenvalue weighted by molar-refractivity contribution is -0.130. The molecular weight excluding hydrogens is 290 g/mol. The van der Waals surface area contributed by atoms with Gasteiger partial charge < -0.3 is 14.5 Å². The zero-order valence-electron chi connectivity index (χ0n) is 11.8. The molecule has 0 saturated carbocycles. The highest BCUT2D eigenvalue weighted by atomic mass is 35.5. The highest BCUT2D eigenvalue weighted by Gasteiger charge is 2.38. The number of ether oxygens (including phenoxy) is 1. The number of likely N-dealkylation sites (tertiary alicyclic amines) is 1. The number of rotatable bonds is 1. The van der Waals surface area contributed by atoms with Crippen LogP contribution in [0.25, 0.3) is 0 Å². The number of carbonyl (C=O) groups excluding carboxylic acids is 1. The van der Waals surface area contributed by atoms with Crippen molar-refractivity contribution in [3.8, 4) is 5.75 Å². The molecule has 5 nitrogen and oxygen atoms in total. The molecule has 0 bridgehead atoms. The van der Waals surface area contributed by atoms with Crippen LogP contribution >= 0.6 is 11.6 Å². The second-order valence-electron chi connectivity index (χ2n) is 6.00. The summed E-state index contributed by atoms with van der Waals surface area (Å²) >= 11 is 5.97. The second kappa shape index (κ2) is 5.05. The van der Waals surface area contributed by atoms with Crippen LogP contribution in [-0.2, 0) is 4.79 Å². The molecule has 3 aliphatic rings. The molecule has 112 valence electrons. The number of pyridine rings is 1. The van der Waals surface area contributed by atoms with Crippen LogP contribution in [0, 0.1) is 0 Å². The van der Waals surface area contributed by atoms with Gasteiger partial charge in [-0.3, -0.25) is 4.79 Å². The highest BCUT2D eigenvalue weighted by molar-refractivity contribution is 6.30. The smallest absolute Gasteiger partial charge is 0.222 e. The number of halogens is 1. The van der Waals surface area contributed by atoms with Crippen LogP contribution in [0.5, 0.6) is 5.75 Å². The van der Waals surface area contributed by atoms with Crippen LogP contribution in [0.4, 0.5) is 5.82 Å². The Bertz CT molecular complexity index is 580. The first-order valence-electron chi connectivity index (χ1n) is 7.57. The maximum absolute atomic E-state index is 11.9. The summed E-state index contributed by atoms with van der Waals surface area (Å²) in [7, 11) is 0. The van der Waals surface area contributed by atoms with E-state index in [1.54, 1.807) is 6.20 Å². The van der Waals surface area contributed by atoms with E-state index in [4.69, 9.17) is 16.3 Å². The molecule has 0 aromatic carbocycles. The van der Waals surface area contributed by atoms with Crippen molar-refractivity contribution in [3.05, 3.63) is 17.3 Å². The lowest BCUT2D eigenvalue weighted by Crippen LogP contribution is -2.54. The fourth-order valence-corrected chi connectivity index (χ4v) is 3.87. The molecule has 2 fully saturated rings. The van der Waals surface area contributed by atoms with E-state index in [2.05, 4.69) is 14.8 Å². The van der Waals surface area contributed by atoms with E-state index in [1.165, 1.54) is 0 Å². The van der Waals surface area contributed by atoms with Crippen molar-refractivity contribution < 1.29 is 9.53 Å². The zero-order chi connectivity index (χ0) is 14.4. The summed E-state index contributed by atoms with van der Waals surface area (Å²) < 4.78 is 5.82. The van der Waals surface area contributed by atoms with E-state index < -0.39 is 0 Å². The SMILES string of the molecule is O=C1CCCN1C1CCN2c3ncc(Cl)cc3OCC2C1. The van der Waals surface area contributed by atoms with E-state index in [0.717, 1.165) is 43.9 Å². The van der Waals surface area contributed by atoms with Crippen molar-refractivity contribution in [2.75, 3.05) is 24.6 Å². The van der Waals surface area contributed by atoms with Crippen molar-refractivity contribution in [2.24, 2.45) is 0 Å². The van der Waals surface area contributed by atoms with Gasteiger partial charge >= 0.3 is 0 Å². The summed E-state index contributed by atoms with van der Waals surface area (Å²) in [6.07, 6.45) is 5.36. The third-order valence-corrected chi connectivity index (χ3v) is 4.95. The molecule has 3 aliphatic heterocycles. The molecule has 0 aliphatic carbocycles. The Balaban J connectivity index is 1.54. The standard InChI is InChI=1S/C15H18ClN3O2/c16-10-6-13-15(17-8-10)19-5-3-11(7-12(19)9-21-13)18-4-1-2-14(18)20/h6,8,11-12H,1-5,7,9H2. The fraction of sp³-hybridized carbons (Fsp3) is 0.600. The van der Waals surface area contributed by atoms with Gasteiger partial charge in [0.1, 0.15) is 6.61 Å². The van der Waals surface area contributed by atoms with E-state index >= 15 is 0 Å². The number of aromatic nitrogens is 1. The highest BCUT2D eigenvalue weighted by Crippen LogP contribution is 2.38. The Hall–Kier alpha value is -1.49. The van der Waals surface area contributed by atoms with Gasteiger partial charge in [0.15, 0.2) is 11.6 Å². The van der Waals surface area contributed by atoms with E-state index in [9.17, 15) is 4.79 Å². The molecule has 0 spiro atoms. The van der Waals surface area contributed by atoms with Crippen molar-refractivity contribution in [2.45, 2.75) is 37.8 Å². The summed E-state index contributed by atoms with van der Waals surface area (Å²) in [6, 6.07) is 2.49. The van der Waals surface area contributed by atoms with Crippen LogP contribution in [0.3, 0.4) is 0 Å². The Labute approximate surface area is 128 Å². The van der Waals surface area contributed by atoms with Gasteiger partial charge in [-0.2, -0.15) is 0 Å². The van der Waals surface area contributed by atoms with Crippen LogP contribution in [0.2, 0.25) is 5.02 Å². The number of nitrogens with zero attached hydrogens (tertiary/aromatic N) is 3. The van der Waals surface area contributed by atoms with Crippen molar-refractivity contribution in [1.29, 1.82) is 0 Å². The molecule has 0 N–H and O–H groups in total. The quantitative estimate of drug-likeness (QED) is 0.797. The fourth-order valence-electron chi connectivity index (χ4n) is 3.73. The van der Waals surface area contributed by atoms with Crippen molar-refractivity contribution in [1.82, 2.24) is 9.88 Å². The third kappa shape index (κ3) is 2.24. The maximum atomic E-state index is 11.9. The average molecular weight is 308 g/mol. The van der Waals surface area contributed by atoms with E-state index in [0.29, 0.717) is 36.0 Å². The molecule has 6 heteroatoms. The Morgan fingerprint density at radius 2 is 2.19 bits per heavy atom. The number of carbonyl (C=O) groups is 1. The Kier molecular flexibility index (Phi) is 3.17. The van der Waals surface area contributed by atoms with Gasteiger partial charge in [-0.1, -0.05) is 11.6 Å². The Morgan fingerprint density at radius 1 is 1.29 bits per heavy atom. The Morgan fingerprint density at radius 3 is 3.00 bits per heavy atom. The summed E-state index contributed by atoms with van der Waals surface area (Å²) in [5.74, 6) is 1.98. The molecule has 1 amide bonds. The summed E-state index contributed by atoms with van der Waals surface area (Å²) in [4.78, 5) is 20.7. The molecular formula is C15H18ClN3O2. The predicted molar refractivity (Wildman–Crippen MR) is 79.8 cm³/mol. The molecule has 4 rings (SSSR count). The molecule has 1 aromatic heterocycles. The van der Waals surface area contributed by atoms with E-state index in [-0.39, 0.29) is 0 Å². The van der Waals surface area contributed by atoms with Gasteiger partial charge in [-0.25, -0.2) is 4.98 Å². The van der Waals surface area contributed by atoms with Gasteiger partial charge in [-0.15, -0.1) is 0 Å². The predicted octanol–water partition coefficient (Wildman–Crippen LogP) is 2.09. The zero-order valence-corrected chi connectivity index (χ0v) is 12.6. The second-order valence-corrected chi connectivity index (χ2v) is 6.44. The number of fused-ring (bicyclic) bond motifs is 3. The molecule has 1 aromatic rings. The first-order valence-corrected chi connectivity index (χ1v) is 7.94. The maximum Gasteiger partial charge on any atom is 0.222 e. The summed E-state index contributed by atoms with van der Waals surface area (Å²) in [6.45, 7) is 2.49. The van der Waals surface area contributed by atoms with Gasteiger partial charge in [0.2, 0.25) is 5.91 Å². The van der Waals surface area contributed by atoms with Crippen LogP contribution in [-0.4, -0.2) is 47.6 Å². The van der Waals surface area contributed by atoms with Crippen LogP contribution in [0.15, 0.2) is 12.3 Å². The van der Waals surface area contributed by atoms with Crippen LogP contribution < -0.4 is 9.64 Å². The lowest BCUT2D eigenvalue weighted by Gasteiger charge is -2.45. The third-order valence-electron chi connectivity index (χ3n) is 4.74. The number of amides is 1. The average Bonchev–Trinajstić information content (AvgIpc) is 2.92. The van der Waals surface area contributed by atoms with E-state index in [1.807, 2.05) is 6.07 Å². The minimum Gasteiger partial charge on any atom is -0.488 e. The molecule has 21 heavy (non-hydrogen) atoms. The van der Waals surface area contributed by atoms with Crippen molar-refractivity contribution in [3.63, 3.8) is 0 Å². The monoisotopic (exact) mass is 307 g/mol. The first-order chi connectivity index (χ1) is 10.2. The normalized spacial score (nSPS) is 28.1. The minimum atomic E-state index is 0.304. The lowest BCUT2D eigenvalue weighted by atomic mass is 9.95. The van der Waals surface area contributed by atoms with Gasteiger partial charge in [0, 0.05) is 37.8 Å². The number of hydrogen-bond donors (Lipinski definition) is 0. The topological polar surface area (TPSA) is 45.7 Å². The number of hydrogen-bond acceptors (Lipinski definition) is 4. The summed E-state index contributed by atoms with van der Waals surface area (Å²) in [5.41, 5.74) is 0. The van der Waals surface area contributed by atoms with Gasteiger partial charge in [0.25, 0.3) is 0 Å². The molecule has 2 atom stereocenters. The van der Waals surface area contributed by atoms with Gasteiger partial charge in [-0.05, 0) is 19.3 Å².